The Kier molecular flexibility index (Phi) is 7.79. The molecule has 2 N–H and O–H groups in total. The van der Waals surface area contributed by atoms with E-state index in [0.29, 0.717) is 17.3 Å². The summed E-state index contributed by atoms with van der Waals surface area (Å²) in [7, 11) is 0. The van der Waals surface area contributed by atoms with Gasteiger partial charge in [0.05, 0.1) is 12.0 Å². The molecule has 194 valence electrons. The summed E-state index contributed by atoms with van der Waals surface area (Å²) in [6.07, 6.45) is -5.15. The second kappa shape index (κ2) is 10.9. The number of carbonyl (C=O) groups excluding carboxylic acids is 1. The van der Waals surface area contributed by atoms with E-state index in [9.17, 15) is 27.9 Å². The molecule has 0 spiro atoms. The van der Waals surface area contributed by atoms with Crippen molar-refractivity contribution in [2.75, 3.05) is 18.0 Å². The SMILES string of the molecule is C[C@@]1(CC(=O)O)NCCN(c2ccc(Sc3cccc(OCc4ccccc4)c3)c(C(F)(F)F)c2)C1=O. The van der Waals surface area contributed by atoms with Crippen LogP contribution in [-0.2, 0) is 22.4 Å². The van der Waals surface area contributed by atoms with Crippen LogP contribution in [0.5, 0.6) is 5.75 Å². The van der Waals surface area contributed by atoms with Crippen molar-refractivity contribution in [3.05, 3.63) is 83.9 Å². The molecule has 0 unspecified atom stereocenters. The Morgan fingerprint density at radius 3 is 2.57 bits per heavy atom. The molecule has 1 saturated heterocycles. The monoisotopic (exact) mass is 530 g/mol. The average molecular weight is 531 g/mol. The van der Waals surface area contributed by atoms with Gasteiger partial charge in [-0.2, -0.15) is 13.2 Å². The van der Waals surface area contributed by atoms with Crippen LogP contribution in [0.1, 0.15) is 24.5 Å². The van der Waals surface area contributed by atoms with E-state index >= 15 is 0 Å². The number of piperazine rings is 1. The molecule has 6 nitrogen and oxygen atoms in total. The van der Waals surface area contributed by atoms with Gasteiger partial charge in [-0.1, -0.05) is 48.2 Å². The average Bonchev–Trinajstić information content (AvgIpc) is 2.85. The van der Waals surface area contributed by atoms with Gasteiger partial charge in [0.15, 0.2) is 0 Å². The van der Waals surface area contributed by atoms with Crippen molar-refractivity contribution in [3.63, 3.8) is 0 Å². The fraction of sp³-hybridized carbons (Fsp3) is 0.259. The zero-order chi connectivity index (χ0) is 26.6. The lowest BCUT2D eigenvalue weighted by Gasteiger charge is -2.39. The number of carboxylic acid groups (broad SMARTS) is 1. The largest absolute Gasteiger partial charge is 0.489 e. The van der Waals surface area contributed by atoms with Gasteiger partial charge in [0.2, 0.25) is 5.91 Å². The standard InChI is InChI=1S/C27H25F3N2O4S/c1-26(16-24(33)34)25(35)32(13-12-31-26)19-10-11-23(22(14-19)27(28,29)30)37-21-9-5-8-20(15-21)36-17-18-6-3-2-4-7-18/h2-11,14-15,31H,12-13,16-17H2,1H3,(H,33,34)/t26-/m0/s1. The highest BCUT2D eigenvalue weighted by Crippen LogP contribution is 2.42. The number of carbonyl (C=O) groups is 2. The lowest BCUT2D eigenvalue weighted by Crippen LogP contribution is -2.63. The molecule has 0 bridgehead atoms. The summed E-state index contributed by atoms with van der Waals surface area (Å²) in [5, 5.41) is 12.1. The number of nitrogens with one attached hydrogen (secondary N) is 1. The highest BCUT2D eigenvalue weighted by atomic mass is 32.2. The van der Waals surface area contributed by atoms with Crippen molar-refractivity contribution in [1.82, 2.24) is 5.32 Å². The number of aliphatic carboxylic acids is 1. The third-order valence-electron chi connectivity index (χ3n) is 5.93. The third kappa shape index (κ3) is 6.44. The molecule has 3 aromatic rings. The van der Waals surface area contributed by atoms with Crippen LogP contribution in [0, 0.1) is 0 Å². The van der Waals surface area contributed by atoms with Crippen molar-refractivity contribution in [2.24, 2.45) is 0 Å². The predicted octanol–water partition coefficient (Wildman–Crippen LogP) is 5.61. The Labute approximate surface area is 216 Å². The number of hydrogen-bond donors (Lipinski definition) is 2. The predicted molar refractivity (Wildman–Crippen MR) is 134 cm³/mol. The summed E-state index contributed by atoms with van der Waals surface area (Å²) >= 11 is 0.948. The number of alkyl halides is 3. The molecule has 1 heterocycles. The molecule has 10 heteroatoms. The Balaban J connectivity index is 1.57. The maximum absolute atomic E-state index is 14.1. The number of amides is 1. The molecule has 0 aliphatic carbocycles. The minimum atomic E-state index is -4.67. The van der Waals surface area contributed by atoms with E-state index in [0.717, 1.165) is 23.4 Å². The van der Waals surface area contributed by atoms with E-state index in [4.69, 9.17) is 4.74 Å². The molecule has 0 saturated carbocycles. The summed E-state index contributed by atoms with van der Waals surface area (Å²) in [4.78, 5) is 26.0. The molecular formula is C27H25F3N2O4S. The maximum atomic E-state index is 14.1. The number of hydrogen-bond acceptors (Lipinski definition) is 5. The summed E-state index contributed by atoms with van der Waals surface area (Å²) in [6, 6.07) is 20.1. The summed E-state index contributed by atoms with van der Waals surface area (Å²) in [6.45, 7) is 2.15. The van der Waals surface area contributed by atoms with E-state index in [2.05, 4.69) is 5.32 Å². The van der Waals surface area contributed by atoms with E-state index in [1.54, 1.807) is 24.3 Å². The van der Waals surface area contributed by atoms with Gasteiger partial charge in [-0.3, -0.25) is 9.59 Å². The van der Waals surface area contributed by atoms with Gasteiger partial charge < -0.3 is 20.1 Å². The number of carboxylic acids is 1. The topological polar surface area (TPSA) is 78.9 Å². The van der Waals surface area contributed by atoms with Crippen LogP contribution in [0.3, 0.4) is 0 Å². The molecule has 3 aromatic carbocycles. The molecule has 0 radical (unpaired) electrons. The Hall–Kier alpha value is -3.50. The molecule has 1 atom stereocenters. The summed E-state index contributed by atoms with van der Waals surface area (Å²) < 4.78 is 48.0. The van der Waals surface area contributed by atoms with Gasteiger partial charge in [0.1, 0.15) is 17.9 Å². The van der Waals surface area contributed by atoms with Gasteiger partial charge in [-0.05, 0) is 48.9 Å². The third-order valence-corrected chi connectivity index (χ3v) is 7.00. The van der Waals surface area contributed by atoms with Crippen molar-refractivity contribution in [2.45, 2.75) is 41.5 Å². The lowest BCUT2D eigenvalue weighted by molar-refractivity contribution is -0.142. The number of anilines is 1. The summed E-state index contributed by atoms with van der Waals surface area (Å²) in [5.41, 5.74) is -1.25. The zero-order valence-corrected chi connectivity index (χ0v) is 20.7. The van der Waals surface area contributed by atoms with Crippen LogP contribution >= 0.6 is 11.8 Å². The fourth-order valence-corrected chi connectivity index (χ4v) is 5.09. The molecule has 0 aromatic heterocycles. The van der Waals surface area contributed by atoms with Gasteiger partial charge in [0, 0.05) is 28.6 Å². The Bertz CT molecular complexity index is 1290. The number of nitrogens with zero attached hydrogens (tertiary/aromatic N) is 1. The molecule has 4 rings (SSSR count). The van der Waals surface area contributed by atoms with Gasteiger partial charge in [-0.25, -0.2) is 0 Å². The quantitative estimate of drug-likeness (QED) is 0.395. The lowest BCUT2D eigenvalue weighted by atomic mass is 9.93. The summed E-state index contributed by atoms with van der Waals surface area (Å²) in [5.74, 6) is -1.23. The van der Waals surface area contributed by atoms with Crippen molar-refractivity contribution < 1.29 is 32.6 Å². The first kappa shape index (κ1) is 26.6. The van der Waals surface area contributed by atoms with Gasteiger partial charge >= 0.3 is 12.1 Å². The van der Waals surface area contributed by atoms with Crippen LogP contribution < -0.4 is 15.0 Å². The first-order valence-electron chi connectivity index (χ1n) is 11.5. The molecule has 1 aliphatic rings. The van der Waals surface area contributed by atoms with Crippen LogP contribution in [0.15, 0.2) is 82.6 Å². The molecule has 1 amide bonds. The van der Waals surface area contributed by atoms with E-state index < -0.39 is 35.6 Å². The van der Waals surface area contributed by atoms with E-state index in [-0.39, 0.29) is 23.7 Å². The van der Waals surface area contributed by atoms with Crippen LogP contribution in [0.4, 0.5) is 18.9 Å². The second-order valence-corrected chi connectivity index (χ2v) is 9.93. The van der Waals surface area contributed by atoms with Crippen molar-refractivity contribution in [1.29, 1.82) is 0 Å². The maximum Gasteiger partial charge on any atom is 0.417 e. The van der Waals surface area contributed by atoms with Gasteiger partial charge in [-0.15, -0.1) is 0 Å². The molecule has 37 heavy (non-hydrogen) atoms. The molecule has 1 aliphatic heterocycles. The second-order valence-electron chi connectivity index (χ2n) is 8.82. The molecular weight excluding hydrogens is 505 g/mol. The van der Waals surface area contributed by atoms with E-state index in [1.807, 2.05) is 30.3 Å². The number of halogens is 3. The zero-order valence-electron chi connectivity index (χ0n) is 19.9. The number of ether oxygens (including phenoxy) is 1. The van der Waals surface area contributed by atoms with Crippen LogP contribution in [-0.4, -0.2) is 35.6 Å². The Morgan fingerprint density at radius 1 is 1.11 bits per heavy atom. The molecule has 1 fully saturated rings. The van der Waals surface area contributed by atoms with E-state index in [1.165, 1.54) is 24.0 Å². The van der Waals surface area contributed by atoms with Crippen LogP contribution in [0.2, 0.25) is 0 Å². The van der Waals surface area contributed by atoms with Crippen molar-refractivity contribution >= 4 is 29.3 Å². The fourth-order valence-electron chi connectivity index (χ4n) is 4.10. The minimum Gasteiger partial charge on any atom is -0.489 e. The number of rotatable bonds is 8. The normalized spacial score (nSPS) is 18.1. The minimum absolute atomic E-state index is 0.0210. The van der Waals surface area contributed by atoms with Crippen molar-refractivity contribution in [3.8, 4) is 5.75 Å². The number of benzene rings is 3. The first-order valence-corrected chi connectivity index (χ1v) is 12.3. The highest BCUT2D eigenvalue weighted by molar-refractivity contribution is 7.99. The highest BCUT2D eigenvalue weighted by Gasteiger charge is 2.43. The Morgan fingerprint density at radius 2 is 1.86 bits per heavy atom. The van der Waals surface area contributed by atoms with Crippen LogP contribution in [0.25, 0.3) is 0 Å². The van der Waals surface area contributed by atoms with Gasteiger partial charge in [0.25, 0.3) is 0 Å². The smallest absolute Gasteiger partial charge is 0.417 e. The first-order chi connectivity index (χ1) is 17.5.